The first-order valence-electron chi connectivity index (χ1n) is 7.82. The van der Waals surface area contributed by atoms with Gasteiger partial charge in [-0.05, 0) is 36.6 Å². The van der Waals surface area contributed by atoms with Crippen molar-refractivity contribution in [2.75, 3.05) is 7.11 Å². The molecule has 0 aliphatic rings. The quantitative estimate of drug-likeness (QED) is 0.791. The minimum atomic E-state index is -1.16. The predicted octanol–water partition coefficient (Wildman–Crippen LogP) is 3.53. The van der Waals surface area contributed by atoms with E-state index in [1.807, 2.05) is 31.2 Å². The zero-order chi connectivity index (χ0) is 18.4. The summed E-state index contributed by atoms with van der Waals surface area (Å²) in [4.78, 5) is 23.7. The molecule has 132 valence electrons. The van der Waals surface area contributed by atoms with Crippen molar-refractivity contribution in [3.05, 3.63) is 64.2 Å². The lowest BCUT2D eigenvalue weighted by atomic mass is 10.0. The van der Waals surface area contributed by atoms with Crippen LogP contribution in [0.1, 0.15) is 29.2 Å². The SMILES string of the molecule is COc1ccc(C(NC(=O)CCc2cccc(C)c2)C(=O)O)cc1Cl. The van der Waals surface area contributed by atoms with Crippen molar-refractivity contribution in [1.29, 1.82) is 0 Å². The molecule has 1 unspecified atom stereocenters. The van der Waals surface area contributed by atoms with E-state index in [-0.39, 0.29) is 12.3 Å². The van der Waals surface area contributed by atoms with Crippen molar-refractivity contribution in [2.45, 2.75) is 25.8 Å². The largest absolute Gasteiger partial charge is 0.495 e. The van der Waals surface area contributed by atoms with Gasteiger partial charge in [0.1, 0.15) is 5.75 Å². The van der Waals surface area contributed by atoms with Gasteiger partial charge in [-0.15, -0.1) is 0 Å². The molecule has 0 bridgehead atoms. The molecule has 0 radical (unpaired) electrons. The fourth-order valence-electron chi connectivity index (χ4n) is 2.51. The third-order valence-electron chi connectivity index (χ3n) is 3.78. The van der Waals surface area contributed by atoms with Crippen LogP contribution < -0.4 is 10.1 Å². The first kappa shape index (κ1) is 18.8. The van der Waals surface area contributed by atoms with Gasteiger partial charge in [0.15, 0.2) is 6.04 Å². The Balaban J connectivity index is 2.04. The minimum absolute atomic E-state index is 0.205. The summed E-state index contributed by atoms with van der Waals surface area (Å²) in [5.74, 6) is -1.04. The summed E-state index contributed by atoms with van der Waals surface area (Å²) >= 11 is 6.04. The van der Waals surface area contributed by atoms with Crippen molar-refractivity contribution < 1.29 is 19.4 Å². The van der Waals surface area contributed by atoms with Crippen molar-refractivity contribution in [3.8, 4) is 5.75 Å². The highest BCUT2D eigenvalue weighted by Crippen LogP contribution is 2.27. The number of aliphatic carboxylic acids is 1. The van der Waals surface area contributed by atoms with E-state index < -0.39 is 12.0 Å². The molecule has 0 aliphatic heterocycles. The molecule has 2 rings (SSSR count). The molecule has 0 aromatic heterocycles. The Bertz CT molecular complexity index is 776. The summed E-state index contributed by atoms with van der Waals surface area (Å²) < 4.78 is 5.05. The van der Waals surface area contributed by atoms with E-state index in [0.29, 0.717) is 22.8 Å². The van der Waals surface area contributed by atoms with Gasteiger partial charge in [0, 0.05) is 6.42 Å². The van der Waals surface area contributed by atoms with Crippen LogP contribution in [0.3, 0.4) is 0 Å². The van der Waals surface area contributed by atoms with Gasteiger partial charge in [0.2, 0.25) is 5.91 Å². The van der Waals surface area contributed by atoms with Crippen molar-refractivity contribution in [1.82, 2.24) is 5.32 Å². The number of carbonyl (C=O) groups excluding carboxylic acids is 1. The Morgan fingerprint density at radius 3 is 2.60 bits per heavy atom. The fourth-order valence-corrected chi connectivity index (χ4v) is 2.77. The van der Waals surface area contributed by atoms with E-state index in [1.165, 1.54) is 13.2 Å². The van der Waals surface area contributed by atoms with Crippen molar-refractivity contribution in [2.24, 2.45) is 0 Å². The van der Waals surface area contributed by atoms with Crippen LogP contribution in [0.25, 0.3) is 0 Å². The molecule has 1 atom stereocenters. The van der Waals surface area contributed by atoms with Crippen molar-refractivity contribution in [3.63, 3.8) is 0 Å². The summed E-state index contributed by atoms with van der Waals surface area (Å²) in [7, 11) is 1.47. The van der Waals surface area contributed by atoms with Gasteiger partial charge in [-0.1, -0.05) is 47.5 Å². The highest BCUT2D eigenvalue weighted by molar-refractivity contribution is 6.32. The van der Waals surface area contributed by atoms with Gasteiger partial charge in [-0.2, -0.15) is 0 Å². The smallest absolute Gasteiger partial charge is 0.330 e. The van der Waals surface area contributed by atoms with E-state index >= 15 is 0 Å². The van der Waals surface area contributed by atoms with Crippen LogP contribution in [0, 0.1) is 6.92 Å². The third-order valence-corrected chi connectivity index (χ3v) is 4.08. The maximum Gasteiger partial charge on any atom is 0.330 e. The van der Waals surface area contributed by atoms with E-state index in [9.17, 15) is 14.7 Å². The molecule has 6 heteroatoms. The molecule has 0 spiro atoms. The number of carbonyl (C=O) groups is 2. The second-order valence-corrected chi connectivity index (χ2v) is 6.13. The molecule has 0 heterocycles. The van der Waals surface area contributed by atoms with E-state index in [4.69, 9.17) is 16.3 Å². The van der Waals surface area contributed by atoms with Crippen molar-refractivity contribution >= 4 is 23.5 Å². The second kappa shape index (κ2) is 8.53. The average Bonchev–Trinajstić information content (AvgIpc) is 2.57. The summed E-state index contributed by atoms with van der Waals surface area (Å²) in [5, 5.41) is 12.3. The van der Waals surface area contributed by atoms with Crippen LogP contribution in [-0.2, 0) is 16.0 Å². The number of aryl methyl sites for hydroxylation is 2. The molecule has 2 N–H and O–H groups in total. The zero-order valence-electron chi connectivity index (χ0n) is 14.1. The number of nitrogens with one attached hydrogen (secondary N) is 1. The average molecular weight is 362 g/mol. The number of amides is 1. The zero-order valence-corrected chi connectivity index (χ0v) is 14.8. The first-order valence-corrected chi connectivity index (χ1v) is 8.19. The van der Waals surface area contributed by atoms with Gasteiger partial charge in [-0.25, -0.2) is 4.79 Å². The van der Waals surface area contributed by atoms with Crippen LogP contribution in [0.4, 0.5) is 0 Å². The normalized spacial score (nSPS) is 11.6. The Hall–Kier alpha value is -2.53. The topological polar surface area (TPSA) is 75.6 Å². The molecule has 0 aliphatic carbocycles. The highest BCUT2D eigenvalue weighted by Gasteiger charge is 2.23. The third kappa shape index (κ3) is 5.22. The van der Waals surface area contributed by atoms with E-state index in [1.54, 1.807) is 12.1 Å². The number of halogens is 1. The number of ether oxygens (including phenoxy) is 1. The van der Waals surface area contributed by atoms with Gasteiger partial charge in [0.05, 0.1) is 12.1 Å². The molecule has 5 nitrogen and oxygen atoms in total. The number of hydrogen-bond donors (Lipinski definition) is 2. The molecule has 1 amide bonds. The summed E-state index contributed by atoms with van der Waals surface area (Å²) in [6.45, 7) is 1.98. The molecule has 25 heavy (non-hydrogen) atoms. The van der Waals surface area contributed by atoms with Gasteiger partial charge in [-0.3, -0.25) is 4.79 Å². The van der Waals surface area contributed by atoms with Gasteiger partial charge < -0.3 is 15.2 Å². The van der Waals surface area contributed by atoms with Gasteiger partial charge in [0.25, 0.3) is 0 Å². The molecule has 0 saturated heterocycles. The number of carboxylic acid groups (broad SMARTS) is 1. The van der Waals surface area contributed by atoms with E-state index in [2.05, 4.69) is 5.32 Å². The molecule has 2 aromatic carbocycles. The number of hydrogen-bond acceptors (Lipinski definition) is 3. The van der Waals surface area contributed by atoms with Crippen LogP contribution in [-0.4, -0.2) is 24.1 Å². The van der Waals surface area contributed by atoms with Crippen LogP contribution >= 0.6 is 11.6 Å². The highest BCUT2D eigenvalue weighted by atomic mass is 35.5. The van der Waals surface area contributed by atoms with E-state index in [0.717, 1.165) is 11.1 Å². The lowest BCUT2D eigenvalue weighted by Crippen LogP contribution is -2.33. The Kier molecular flexibility index (Phi) is 6.42. The molecular weight excluding hydrogens is 342 g/mol. The fraction of sp³-hybridized carbons (Fsp3) is 0.263. The minimum Gasteiger partial charge on any atom is -0.495 e. The Labute approximate surface area is 151 Å². The standard InChI is InChI=1S/C19H20ClNO4/c1-12-4-3-5-13(10-12)6-9-17(22)21-18(19(23)24)14-7-8-16(25-2)15(20)11-14/h3-5,7-8,10-11,18H,6,9H2,1-2H3,(H,21,22)(H,23,24). The first-order chi connectivity index (χ1) is 11.9. The van der Waals surface area contributed by atoms with Crippen LogP contribution in [0.5, 0.6) is 5.75 Å². The molecule has 0 fully saturated rings. The summed E-state index contributed by atoms with van der Waals surface area (Å²) in [6.07, 6.45) is 0.750. The second-order valence-electron chi connectivity index (χ2n) is 5.72. The monoisotopic (exact) mass is 361 g/mol. The Morgan fingerprint density at radius 2 is 2.00 bits per heavy atom. The number of benzene rings is 2. The Morgan fingerprint density at radius 1 is 1.24 bits per heavy atom. The number of methoxy groups -OCH3 is 1. The van der Waals surface area contributed by atoms with Crippen LogP contribution in [0.2, 0.25) is 5.02 Å². The molecular formula is C19H20ClNO4. The van der Waals surface area contributed by atoms with Crippen LogP contribution in [0.15, 0.2) is 42.5 Å². The van der Waals surface area contributed by atoms with Gasteiger partial charge >= 0.3 is 5.97 Å². The maximum atomic E-state index is 12.2. The molecule has 2 aromatic rings. The predicted molar refractivity (Wildman–Crippen MR) is 96.0 cm³/mol. The molecule has 0 saturated carbocycles. The number of rotatable bonds is 7. The summed E-state index contributed by atoms with van der Waals surface area (Å²) in [6, 6.07) is 11.3. The maximum absolute atomic E-state index is 12.2. The lowest BCUT2D eigenvalue weighted by molar-refractivity contribution is -0.142. The summed E-state index contributed by atoms with van der Waals surface area (Å²) in [5.41, 5.74) is 2.55. The lowest BCUT2D eigenvalue weighted by Gasteiger charge is -2.16. The number of carboxylic acids is 1.